The number of rotatable bonds is 2. The summed E-state index contributed by atoms with van der Waals surface area (Å²) >= 11 is 0. The molecule has 6 heteroatoms. The van der Waals surface area contributed by atoms with Crippen molar-refractivity contribution in [1.29, 1.82) is 0 Å². The molecule has 1 saturated heterocycles. The third kappa shape index (κ3) is 2.85. The first-order chi connectivity index (χ1) is 7.43. The Hall–Kier alpha value is -1.30. The van der Waals surface area contributed by atoms with E-state index in [-0.39, 0.29) is 12.1 Å². The summed E-state index contributed by atoms with van der Waals surface area (Å²) < 4.78 is 0. The topological polar surface area (TPSA) is 86.9 Å². The van der Waals surface area contributed by atoms with Crippen LogP contribution in [0.4, 0.5) is 4.79 Å². The number of likely N-dealkylation sites (tertiary alicyclic amines) is 1. The van der Waals surface area contributed by atoms with Crippen molar-refractivity contribution in [2.75, 3.05) is 20.1 Å². The maximum absolute atomic E-state index is 11.9. The maximum Gasteiger partial charge on any atom is 0.326 e. The van der Waals surface area contributed by atoms with Crippen molar-refractivity contribution in [1.82, 2.24) is 9.80 Å². The minimum atomic E-state index is -0.996. The van der Waals surface area contributed by atoms with Crippen molar-refractivity contribution in [2.45, 2.75) is 31.8 Å². The number of carbonyl (C=O) groups excluding carboxylic acids is 1. The molecule has 0 aliphatic carbocycles. The van der Waals surface area contributed by atoms with E-state index in [1.165, 1.54) is 18.9 Å². The van der Waals surface area contributed by atoms with E-state index in [9.17, 15) is 9.59 Å². The molecule has 0 bridgehead atoms. The van der Waals surface area contributed by atoms with Gasteiger partial charge in [-0.3, -0.25) is 0 Å². The molecule has 0 radical (unpaired) electrons. The lowest BCUT2D eigenvalue weighted by molar-refractivity contribution is -0.141. The minimum Gasteiger partial charge on any atom is -0.480 e. The van der Waals surface area contributed by atoms with Crippen molar-refractivity contribution >= 4 is 12.0 Å². The third-order valence-electron chi connectivity index (χ3n) is 3.05. The second kappa shape index (κ2) is 5.16. The van der Waals surface area contributed by atoms with E-state index in [0.29, 0.717) is 13.1 Å². The molecule has 0 aromatic carbocycles. The highest BCUT2D eigenvalue weighted by molar-refractivity contribution is 5.82. The Bertz CT molecular complexity index is 274. The third-order valence-corrected chi connectivity index (χ3v) is 3.05. The zero-order valence-corrected chi connectivity index (χ0v) is 9.72. The van der Waals surface area contributed by atoms with Crippen molar-refractivity contribution in [3.8, 4) is 0 Å². The molecular formula is C10H19N3O3. The largest absolute Gasteiger partial charge is 0.480 e. The van der Waals surface area contributed by atoms with Gasteiger partial charge in [0, 0.05) is 26.2 Å². The SMILES string of the molecule is CC(C(=O)O)N(C)C(=O)N1CCC(N)CC1. The van der Waals surface area contributed by atoms with Crippen LogP contribution in [0.25, 0.3) is 0 Å². The molecule has 1 atom stereocenters. The number of likely N-dealkylation sites (N-methyl/N-ethyl adjacent to an activating group) is 1. The maximum atomic E-state index is 11.9. The van der Waals surface area contributed by atoms with Crippen molar-refractivity contribution < 1.29 is 14.7 Å². The number of piperidine rings is 1. The van der Waals surface area contributed by atoms with Gasteiger partial charge >= 0.3 is 12.0 Å². The van der Waals surface area contributed by atoms with E-state index >= 15 is 0 Å². The van der Waals surface area contributed by atoms with Gasteiger partial charge in [0.1, 0.15) is 6.04 Å². The Labute approximate surface area is 95.0 Å². The molecule has 16 heavy (non-hydrogen) atoms. The molecule has 1 aliphatic heterocycles. The predicted octanol–water partition coefficient (Wildman–Crippen LogP) is -0.0656. The molecule has 3 N–H and O–H groups in total. The van der Waals surface area contributed by atoms with Crippen molar-refractivity contribution in [3.05, 3.63) is 0 Å². The second-order valence-electron chi connectivity index (χ2n) is 4.23. The number of carboxylic acids is 1. The second-order valence-corrected chi connectivity index (χ2v) is 4.23. The van der Waals surface area contributed by atoms with E-state index < -0.39 is 12.0 Å². The Morgan fingerprint density at radius 1 is 1.44 bits per heavy atom. The first-order valence-electron chi connectivity index (χ1n) is 5.43. The fraction of sp³-hybridized carbons (Fsp3) is 0.800. The van der Waals surface area contributed by atoms with Crippen molar-refractivity contribution in [3.63, 3.8) is 0 Å². The van der Waals surface area contributed by atoms with Gasteiger partial charge in [-0.05, 0) is 19.8 Å². The molecule has 1 rings (SSSR count). The lowest BCUT2D eigenvalue weighted by atomic mass is 10.1. The standard InChI is InChI=1S/C10H19N3O3/c1-7(9(14)15)12(2)10(16)13-5-3-8(11)4-6-13/h7-8H,3-6,11H2,1-2H3,(H,14,15). The summed E-state index contributed by atoms with van der Waals surface area (Å²) in [7, 11) is 1.51. The Balaban J connectivity index is 2.54. The van der Waals surface area contributed by atoms with Crippen LogP contribution in [0.2, 0.25) is 0 Å². The molecule has 1 fully saturated rings. The molecule has 92 valence electrons. The highest BCUT2D eigenvalue weighted by atomic mass is 16.4. The van der Waals surface area contributed by atoms with Crippen LogP contribution in [0.3, 0.4) is 0 Å². The molecule has 1 unspecified atom stereocenters. The summed E-state index contributed by atoms with van der Waals surface area (Å²) in [5.74, 6) is -0.996. The Morgan fingerprint density at radius 2 is 1.94 bits per heavy atom. The first-order valence-corrected chi connectivity index (χ1v) is 5.43. The first kappa shape index (κ1) is 12.8. The molecular weight excluding hydrogens is 210 g/mol. The fourth-order valence-electron chi connectivity index (χ4n) is 1.65. The number of amides is 2. The van der Waals surface area contributed by atoms with Crippen LogP contribution >= 0.6 is 0 Å². The zero-order chi connectivity index (χ0) is 12.3. The van der Waals surface area contributed by atoms with Gasteiger partial charge < -0.3 is 20.6 Å². The monoisotopic (exact) mass is 229 g/mol. The summed E-state index contributed by atoms with van der Waals surface area (Å²) in [5, 5.41) is 8.81. The van der Waals surface area contributed by atoms with E-state index in [2.05, 4.69) is 0 Å². The molecule has 2 amide bonds. The normalized spacial score (nSPS) is 19.3. The number of hydrogen-bond acceptors (Lipinski definition) is 3. The fourth-order valence-corrected chi connectivity index (χ4v) is 1.65. The number of nitrogens with two attached hydrogens (primary N) is 1. The van der Waals surface area contributed by atoms with Crippen LogP contribution in [0.15, 0.2) is 0 Å². The Morgan fingerprint density at radius 3 is 2.38 bits per heavy atom. The van der Waals surface area contributed by atoms with Gasteiger partial charge in [0.05, 0.1) is 0 Å². The number of hydrogen-bond donors (Lipinski definition) is 2. The number of carbonyl (C=O) groups is 2. The van der Waals surface area contributed by atoms with Crippen LogP contribution in [-0.2, 0) is 4.79 Å². The molecule has 0 spiro atoms. The number of aliphatic carboxylic acids is 1. The summed E-state index contributed by atoms with van der Waals surface area (Å²) in [6.07, 6.45) is 1.56. The lowest BCUT2D eigenvalue weighted by Crippen LogP contribution is -2.51. The number of carboxylic acid groups (broad SMARTS) is 1. The average Bonchev–Trinajstić information content (AvgIpc) is 2.27. The lowest BCUT2D eigenvalue weighted by Gasteiger charge is -2.34. The van der Waals surface area contributed by atoms with Gasteiger partial charge in [0.25, 0.3) is 0 Å². The smallest absolute Gasteiger partial charge is 0.326 e. The summed E-state index contributed by atoms with van der Waals surface area (Å²) in [6.45, 7) is 2.71. The molecule has 0 aromatic heterocycles. The predicted molar refractivity (Wildman–Crippen MR) is 59.0 cm³/mol. The molecule has 1 heterocycles. The van der Waals surface area contributed by atoms with Crippen LogP contribution in [0.5, 0.6) is 0 Å². The van der Waals surface area contributed by atoms with Gasteiger partial charge in [-0.2, -0.15) is 0 Å². The van der Waals surface area contributed by atoms with Crippen LogP contribution in [0.1, 0.15) is 19.8 Å². The van der Waals surface area contributed by atoms with Crippen LogP contribution in [0, 0.1) is 0 Å². The van der Waals surface area contributed by atoms with Gasteiger partial charge in [-0.15, -0.1) is 0 Å². The average molecular weight is 229 g/mol. The molecule has 0 saturated carbocycles. The Kier molecular flexibility index (Phi) is 4.12. The van der Waals surface area contributed by atoms with Gasteiger partial charge in [0.2, 0.25) is 0 Å². The number of nitrogens with zero attached hydrogens (tertiary/aromatic N) is 2. The van der Waals surface area contributed by atoms with Gasteiger partial charge in [0.15, 0.2) is 0 Å². The highest BCUT2D eigenvalue weighted by Crippen LogP contribution is 2.11. The van der Waals surface area contributed by atoms with E-state index in [4.69, 9.17) is 10.8 Å². The van der Waals surface area contributed by atoms with Gasteiger partial charge in [-0.1, -0.05) is 0 Å². The minimum absolute atomic E-state index is 0.159. The van der Waals surface area contributed by atoms with Crippen molar-refractivity contribution in [2.24, 2.45) is 5.73 Å². The quantitative estimate of drug-likeness (QED) is 0.694. The van der Waals surface area contributed by atoms with E-state index in [0.717, 1.165) is 12.8 Å². The number of urea groups is 1. The van der Waals surface area contributed by atoms with E-state index in [1.807, 2.05) is 0 Å². The zero-order valence-electron chi connectivity index (χ0n) is 9.72. The summed E-state index contributed by atoms with van der Waals surface area (Å²) in [5.41, 5.74) is 5.74. The summed E-state index contributed by atoms with van der Waals surface area (Å²) in [4.78, 5) is 25.6. The molecule has 1 aliphatic rings. The van der Waals surface area contributed by atoms with E-state index in [1.54, 1.807) is 4.90 Å². The molecule has 0 aromatic rings. The summed E-state index contributed by atoms with van der Waals surface area (Å²) in [6, 6.07) is -0.879. The highest BCUT2D eigenvalue weighted by Gasteiger charge is 2.28. The molecule has 6 nitrogen and oxygen atoms in total. The van der Waals surface area contributed by atoms with Gasteiger partial charge in [-0.25, -0.2) is 9.59 Å². The van der Waals surface area contributed by atoms with Crippen LogP contribution in [-0.4, -0.2) is 59.1 Å². The van der Waals surface area contributed by atoms with Crippen LogP contribution < -0.4 is 5.73 Å².